The molecule has 3 rings (SSSR count). The summed E-state index contributed by atoms with van der Waals surface area (Å²) in [7, 11) is 0. The number of aliphatic hydroxyl groups excluding tert-OH is 1. The minimum atomic E-state index is -0.789. The molecule has 1 N–H and O–H groups in total. The number of hydrogen-bond donors (Lipinski definition) is 1. The van der Waals surface area contributed by atoms with Crippen molar-refractivity contribution in [3.05, 3.63) is 77.2 Å². The predicted molar refractivity (Wildman–Crippen MR) is 111 cm³/mol. The monoisotopic (exact) mass is 412 g/mol. The van der Waals surface area contributed by atoms with Crippen LogP contribution in [0.3, 0.4) is 0 Å². The highest BCUT2D eigenvalue weighted by molar-refractivity contribution is 6.14. The fraction of sp³-hybridized carbons (Fsp3) is 0.304. The van der Waals surface area contributed by atoms with E-state index in [0.717, 1.165) is 13.1 Å². The molecule has 1 atom stereocenters. The van der Waals surface area contributed by atoms with Crippen molar-refractivity contribution in [3.63, 3.8) is 0 Å². The number of halogens is 1. The van der Waals surface area contributed by atoms with Gasteiger partial charge in [-0.25, -0.2) is 4.39 Å². The predicted octanol–water partition coefficient (Wildman–Crippen LogP) is 3.74. The maximum absolute atomic E-state index is 13.5. The van der Waals surface area contributed by atoms with Crippen LogP contribution in [-0.4, -0.2) is 52.8 Å². The minimum absolute atomic E-state index is 0.0195. The molecule has 7 heteroatoms. The van der Waals surface area contributed by atoms with Gasteiger partial charge in [-0.2, -0.15) is 0 Å². The van der Waals surface area contributed by atoms with E-state index in [-0.39, 0.29) is 5.57 Å². The molecule has 158 valence electrons. The van der Waals surface area contributed by atoms with Crippen molar-refractivity contribution in [2.24, 2.45) is 0 Å². The highest BCUT2D eigenvalue weighted by atomic mass is 19.1. The van der Waals surface area contributed by atoms with Gasteiger partial charge in [-0.3, -0.25) is 9.59 Å². The molecule has 0 spiro atoms. The van der Waals surface area contributed by atoms with E-state index in [1.54, 1.807) is 12.1 Å². The largest absolute Gasteiger partial charge is 0.503 e. The lowest BCUT2D eigenvalue weighted by Gasteiger charge is -2.29. The van der Waals surface area contributed by atoms with Gasteiger partial charge in [0.1, 0.15) is 11.6 Å². The Balaban J connectivity index is 1.94. The zero-order chi connectivity index (χ0) is 21.7. The zero-order valence-electron chi connectivity index (χ0n) is 17.0. The van der Waals surface area contributed by atoms with Crippen LogP contribution >= 0.6 is 0 Å². The van der Waals surface area contributed by atoms with Gasteiger partial charge in [0.15, 0.2) is 11.5 Å². The van der Waals surface area contributed by atoms with Crippen LogP contribution in [0.15, 0.2) is 64.5 Å². The zero-order valence-corrected chi connectivity index (χ0v) is 17.0. The van der Waals surface area contributed by atoms with E-state index in [0.29, 0.717) is 24.4 Å². The second kappa shape index (κ2) is 9.54. The Hall–Kier alpha value is -3.19. The van der Waals surface area contributed by atoms with Crippen molar-refractivity contribution in [1.29, 1.82) is 0 Å². The number of likely N-dealkylation sites (N-methyl/N-ethyl adjacent to an activating group) is 1. The number of carbonyl (C=O) groups is 2. The first kappa shape index (κ1) is 21.5. The first-order chi connectivity index (χ1) is 14.5. The third-order valence-electron chi connectivity index (χ3n) is 5.25. The van der Waals surface area contributed by atoms with Crippen LogP contribution in [-0.2, 0) is 9.59 Å². The fourth-order valence-corrected chi connectivity index (χ4v) is 3.55. The summed E-state index contributed by atoms with van der Waals surface area (Å²) in [6, 6.07) is 8.20. The number of amides is 1. The van der Waals surface area contributed by atoms with Crippen LogP contribution in [0.1, 0.15) is 31.2 Å². The molecule has 1 aromatic heterocycles. The third-order valence-corrected chi connectivity index (χ3v) is 5.25. The Morgan fingerprint density at radius 1 is 1.23 bits per heavy atom. The fourth-order valence-electron chi connectivity index (χ4n) is 3.55. The van der Waals surface area contributed by atoms with Crippen molar-refractivity contribution in [3.8, 4) is 0 Å². The average molecular weight is 412 g/mol. The Bertz CT molecular complexity index is 944. The number of furan rings is 1. The quantitative estimate of drug-likeness (QED) is 0.635. The number of hydrogen-bond acceptors (Lipinski definition) is 5. The van der Waals surface area contributed by atoms with Crippen LogP contribution in [0.25, 0.3) is 6.08 Å². The van der Waals surface area contributed by atoms with Crippen LogP contribution in [0.2, 0.25) is 0 Å². The number of benzene rings is 1. The summed E-state index contributed by atoms with van der Waals surface area (Å²) in [5.41, 5.74) is 0.539. The van der Waals surface area contributed by atoms with Crippen molar-refractivity contribution in [2.45, 2.75) is 19.9 Å². The van der Waals surface area contributed by atoms with E-state index in [4.69, 9.17) is 4.42 Å². The highest BCUT2D eigenvalue weighted by Crippen LogP contribution is 2.37. The van der Waals surface area contributed by atoms with Gasteiger partial charge in [0.2, 0.25) is 0 Å². The summed E-state index contributed by atoms with van der Waals surface area (Å²) in [6.45, 7) is 6.60. The second-order valence-electron chi connectivity index (χ2n) is 6.95. The van der Waals surface area contributed by atoms with E-state index >= 15 is 0 Å². The molecule has 30 heavy (non-hydrogen) atoms. The van der Waals surface area contributed by atoms with Crippen LogP contribution < -0.4 is 0 Å². The maximum Gasteiger partial charge on any atom is 0.290 e. The van der Waals surface area contributed by atoms with E-state index in [1.165, 1.54) is 47.6 Å². The Labute approximate surface area is 174 Å². The lowest BCUT2D eigenvalue weighted by Crippen LogP contribution is -2.38. The maximum atomic E-state index is 13.5. The molecule has 1 aliphatic heterocycles. The second-order valence-corrected chi connectivity index (χ2v) is 6.95. The van der Waals surface area contributed by atoms with Gasteiger partial charge >= 0.3 is 0 Å². The molecule has 6 nitrogen and oxygen atoms in total. The van der Waals surface area contributed by atoms with E-state index < -0.39 is 29.3 Å². The van der Waals surface area contributed by atoms with Crippen molar-refractivity contribution in [1.82, 2.24) is 9.80 Å². The number of carbonyl (C=O) groups excluding carboxylic acids is 2. The number of aliphatic hydroxyl groups is 1. The molecular formula is C23H25FN2O4. The Kier molecular flexibility index (Phi) is 6.84. The van der Waals surface area contributed by atoms with Crippen LogP contribution in [0.5, 0.6) is 0 Å². The molecule has 1 unspecified atom stereocenters. The standard InChI is InChI=1S/C23H25FN2O4/c1-3-25(4-2)13-14-26-21(16-7-9-17(24)10-8-16)20(22(28)23(26)29)19(27)12-11-18-6-5-15-30-18/h5-12,15,21,28H,3-4,13-14H2,1-2H3/b12-11+. The molecule has 0 radical (unpaired) electrons. The first-order valence-electron chi connectivity index (χ1n) is 9.94. The minimum Gasteiger partial charge on any atom is -0.503 e. The van der Waals surface area contributed by atoms with Gasteiger partial charge in [0.05, 0.1) is 17.9 Å². The third kappa shape index (κ3) is 4.52. The molecule has 0 aliphatic carbocycles. The molecule has 0 saturated heterocycles. The summed E-state index contributed by atoms with van der Waals surface area (Å²) in [4.78, 5) is 29.4. The van der Waals surface area contributed by atoms with Crippen molar-refractivity contribution in [2.75, 3.05) is 26.2 Å². The van der Waals surface area contributed by atoms with Gasteiger partial charge in [-0.15, -0.1) is 0 Å². The number of allylic oxidation sites excluding steroid dienone is 1. The Morgan fingerprint density at radius 3 is 2.53 bits per heavy atom. The number of ketones is 1. The lowest BCUT2D eigenvalue weighted by molar-refractivity contribution is -0.129. The van der Waals surface area contributed by atoms with Crippen molar-refractivity contribution < 1.29 is 23.5 Å². The van der Waals surface area contributed by atoms with Gasteiger partial charge in [0.25, 0.3) is 5.91 Å². The molecule has 0 saturated carbocycles. The molecule has 1 aromatic carbocycles. The van der Waals surface area contributed by atoms with Crippen LogP contribution in [0.4, 0.5) is 4.39 Å². The molecule has 2 aromatic rings. The summed E-state index contributed by atoms with van der Waals surface area (Å²) >= 11 is 0. The normalized spacial score (nSPS) is 17.0. The SMILES string of the molecule is CCN(CC)CCN1C(=O)C(O)=C(C(=O)/C=C/c2ccco2)C1c1ccc(F)cc1. The molecule has 0 bridgehead atoms. The summed E-state index contributed by atoms with van der Waals surface area (Å²) in [5.74, 6) is -1.62. The summed E-state index contributed by atoms with van der Waals surface area (Å²) < 4.78 is 18.7. The molecular weight excluding hydrogens is 387 g/mol. The summed E-state index contributed by atoms with van der Waals surface area (Å²) in [6.07, 6.45) is 4.23. The molecule has 2 heterocycles. The van der Waals surface area contributed by atoms with E-state index in [2.05, 4.69) is 4.90 Å². The van der Waals surface area contributed by atoms with E-state index in [1.807, 2.05) is 13.8 Å². The highest BCUT2D eigenvalue weighted by Gasteiger charge is 2.42. The van der Waals surface area contributed by atoms with Gasteiger partial charge in [-0.1, -0.05) is 26.0 Å². The van der Waals surface area contributed by atoms with Gasteiger partial charge in [0, 0.05) is 13.1 Å². The van der Waals surface area contributed by atoms with Crippen LogP contribution in [0, 0.1) is 5.82 Å². The molecule has 1 aliphatic rings. The number of nitrogens with zero attached hydrogens (tertiary/aromatic N) is 2. The first-order valence-corrected chi connectivity index (χ1v) is 9.94. The van der Waals surface area contributed by atoms with Gasteiger partial charge < -0.3 is 19.3 Å². The van der Waals surface area contributed by atoms with E-state index in [9.17, 15) is 19.1 Å². The average Bonchev–Trinajstić information content (AvgIpc) is 3.35. The summed E-state index contributed by atoms with van der Waals surface area (Å²) in [5, 5.41) is 10.5. The molecule has 1 amide bonds. The topological polar surface area (TPSA) is 74.0 Å². The van der Waals surface area contributed by atoms with Crippen molar-refractivity contribution >= 4 is 17.8 Å². The Morgan fingerprint density at radius 2 is 1.93 bits per heavy atom. The van der Waals surface area contributed by atoms with Gasteiger partial charge in [-0.05, 0) is 55.1 Å². The molecule has 0 fully saturated rings. The lowest BCUT2D eigenvalue weighted by atomic mass is 9.95. The number of rotatable bonds is 9. The smallest absolute Gasteiger partial charge is 0.290 e.